The van der Waals surface area contributed by atoms with E-state index in [-0.39, 0.29) is 4.90 Å². The van der Waals surface area contributed by atoms with Crippen molar-refractivity contribution in [2.45, 2.75) is 31.8 Å². The second kappa shape index (κ2) is 9.26. The van der Waals surface area contributed by atoms with E-state index >= 15 is 0 Å². The summed E-state index contributed by atoms with van der Waals surface area (Å²) in [6.45, 7) is 6.67. The molecule has 0 radical (unpaired) electrons. The molecule has 0 atom stereocenters. The molecule has 4 aromatic rings. The number of fused-ring (bicyclic) bond motifs is 1. The maximum atomic E-state index is 13.2. The van der Waals surface area contributed by atoms with Gasteiger partial charge in [0, 0.05) is 17.6 Å². The normalized spacial score (nSPS) is 12.3. The fourth-order valence-electron chi connectivity index (χ4n) is 3.66. The van der Waals surface area contributed by atoms with Gasteiger partial charge in [-0.15, -0.1) is 0 Å². The minimum absolute atomic E-state index is 0.00407. The first-order chi connectivity index (χ1) is 16.4. The van der Waals surface area contributed by atoms with Gasteiger partial charge < -0.3 is 5.32 Å². The Morgan fingerprint density at radius 3 is 2.37 bits per heavy atom. The van der Waals surface area contributed by atoms with Gasteiger partial charge in [0.05, 0.1) is 21.8 Å². The van der Waals surface area contributed by atoms with Crippen molar-refractivity contribution in [2.75, 3.05) is 16.6 Å². The molecule has 0 saturated heterocycles. The average Bonchev–Trinajstić information content (AvgIpc) is 3.17. The number of nitrogens with zero attached hydrogens (tertiary/aromatic N) is 1. The molecule has 3 N–H and O–H groups in total. The lowest BCUT2D eigenvalue weighted by molar-refractivity contribution is -0.137. The van der Waals surface area contributed by atoms with E-state index in [4.69, 9.17) is 0 Å². The lowest BCUT2D eigenvalue weighted by Gasteiger charge is -2.14. The Morgan fingerprint density at radius 1 is 1.00 bits per heavy atom. The van der Waals surface area contributed by atoms with Crippen molar-refractivity contribution < 1.29 is 21.6 Å². The van der Waals surface area contributed by atoms with Crippen LogP contribution in [0, 0.1) is 12.8 Å². The monoisotopic (exact) mass is 502 g/mol. The largest absolute Gasteiger partial charge is 0.416 e. The zero-order chi connectivity index (χ0) is 25.4. The summed E-state index contributed by atoms with van der Waals surface area (Å²) in [5.74, 6) is 0.373. The lowest BCUT2D eigenvalue weighted by atomic mass is 10.0. The molecule has 1 aromatic heterocycles. The number of hydrogen-bond acceptors (Lipinski definition) is 4. The van der Waals surface area contributed by atoms with E-state index in [1.54, 1.807) is 24.3 Å². The smallest absolute Gasteiger partial charge is 0.383 e. The fourth-order valence-corrected chi connectivity index (χ4v) is 4.74. The number of alkyl halides is 3. The number of nitrogens with one attached hydrogen (secondary N) is 3. The standard InChI is InChI=1S/C25H25F3N4O2S/c1-15(2)14-29-23-13-20(12-22-16(3)30-31-24(22)23)32-35(33,34)21-6-4-5-18(11-21)17-7-9-19(10-8-17)25(26,27)28/h4-13,15,29,32H,14H2,1-3H3,(H,30,31). The van der Waals surface area contributed by atoms with Crippen molar-refractivity contribution in [1.82, 2.24) is 10.2 Å². The molecule has 4 rings (SSSR count). The summed E-state index contributed by atoms with van der Waals surface area (Å²) in [4.78, 5) is -0.00407. The number of aryl methyl sites for hydroxylation is 1. The van der Waals surface area contributed by atoms with E-state index in [2.05, 4.69) is 34.1 Å². The summed E-state index contributed by atoms with van der Waals surface area (Å²) in [5.41, 5.74) is 2.80. The highest BCUT2D eigenvalue weighted by Crippen LogP contribution is 2.33. The molecular formula is C25H25F3N4O2S. The number of sulfonamides is 1. The average molecular weight is 503 g/mol. The van der Waals surface area contributed by atoms with Gasteiger partial charge in [0.15, 0.2) is 0 Å². The van der Waals surface area contributed by atoms with Crippen LogP contribution < -0.4 is 10.0 Å². The number of aromatic amines is 1. The first-order valence-electron chi connectivity index (χ1n) is 11.0. The SMILES string of the molecule is Cc1[nH]nc2c(NCC(C)C)cc(NS(=O)(=O)c3cccc(-c4ccc(C(F)(F)F)cc4)c3)cc12. The summed E-state index contributed by atoms with van der Waals surface area (Å²) in [6, 6.07) is 14.1. The van der Waals surface area contributed by atoms with Crippen LogP contribution in [0.5, 0.6) is 0 Å². The molecule has 10 heteroatoms. The number of halogens is 3. The quantitative estimate of drug-likeness (QED) is 0.272. The van der Waals surface area contributed by atoms with Crippen molar-refractivity contribution >= 4 is 32.3 Å². The van der Waals surface area contributed by atoms with Gasteiger partial charge in [-0.2, -0.15) is 18.3 Å². The molecular weight excluding hydrogens is 477 g/mol. The number of benzene rings is 3. The summed E-state index contributed by atoms with van der Waals surface area (Å²) >= 11 is 0. The van der Waals surface area contributed by atoms with E-state index < -0.39 is 21.8 Å². The Morgan fingerprint density at radius 2 is 1.71 bits per heavy atom. The van der Waals surface area contributed by atoms with Gasteiger partial charge in [-0.3, -0.25) is 9.82 Å². The van der Waals surface area contributed by atoms with Gasteiger partial charge >= 0.3 is 6.18 Å². The van der Waals surface area contributed by atoms with Crippen LogP contribution in [-0.2, 0) is 16.2 Å². The predicted molar refractivity (Wildman–Crippen MR) is 132 cm³/mol. The Balaban J connectivity index is 1.65. The van der Waals surface area contributed by atoms with Gasteiger partial charge in [-0.1, -0.05) is 38.1 Å². The van der Waals surface area contributed by atoms with E-state index in [0.29, 0.717) is 35.0 Å². The number of H-pyrrole nitrogens is 1. The van der Waals surface area contributed by atoms with Crippen molar-refractivity contribution in [3.8, 4) is 11.1 Å². The summed E-state index contributed by atoms with van der Waals surface area (Å²) in [7, 11) is -3.98. The van der Waals surface area contributed by atoms with Gasteiger partial charge in [-0.25, -0.2) is 8.42 Å². The van der Waals surface area contributed by atoms with Crippen LogP contribution in [0.2, 0.25) is 0 Å². The van der Waals surface area contributed by atoms with Crippen LogP contribution in [-0.4, -0.2) is 25.2 Å². The number of rotatable bonds is 7. The molecule has 0 saturated carbocycles. The molecule has 0 bridgehead atoms. The van der Waals surface area contributed by atoms with Crippen LogP contribution in [0.3, 0.4) is 0 Å². The molecule has 6 nitrogen and oxygen atoms in total. The highest BCUT2D eigenvalue weighted by molar-refractivity contribution is 7.92. The minimum Gasteiger partial charge on any atom is -0.383 e. The Bertz CT molecular complexity index is 1460. The second-order valence-electron chi connectivity index (χ2n) is 8.75. The van der Waals surface area contributed by atoms with Gasteiger partial charge in [0.2, 0.25) is 0 Å². The first kappa shape index (κ1) is 24.6. The van der Waals surface area contributed by atoms with Gasteiger partial charge in [0.1, 0.15) is 5.52 Å². The zero-order valence-electron chi connectivity index (χ0n) is 19.4. The molecule has 35 heavy (non-hydrogen) atoms. The molecule has 0 aliphatic rings. The Labute approximate surface area is 201 Å². The third-order valence-corrected chi connectivity index (χ3v) is 6.87. The van der Waals surface area contributed by atoms with E-state index in [9.17, 15) is 21.6 Å². The molecule has 1 heterocycles. The van der Waals surface area contributed by atoms with Crippen molar-refractivity contribution in [3.63, 3.8) is 0 Å². The third kappa shape index (κ3) is 5.43. The number of anilines is 2. The van der Waals surface area contributed by atoms with Crippen molar-refractivity contribution in [3.05, 3.63) is 71.9 Å². The number of hydrogen-bond donors (Lipinski definition) is 3. The Hall–Kier alpha value is -3.53. The first-order valence-corrected chi connectivity index (χ1v) is 12.5. The molecule has 0 aliphatic heterocycles. The fraction of sp³-hybridized carbons (Fsp3) is 0.240. The highest BCUT2D eigenvalue weighted by atomic mass is 32.2. The molecule has 3 aromatic carbocycles. The highest BCUT2D eigenvalue weighted by Gasteiger charge is 2.30. The van der Waals surface area contributed by atoms with Crippen molar-refractivity contribution in [2.24, 2.45) is 5.92 Å². The molecule has 0 fully saturated rings. The molecule has 184 valence electrons. The summed E-state index contributed by atoms with van der Waals surface area (Å²) in [5, 5.41) is 11.4. The van der Waals surface area contributed by atoms with E-state index in [1.165, 1.54) is 24.3 Å². The summed E-state index contributed by atoms with van der Waals surface area (Å²) in [6.07, 6.45) is -4.44. The van der Waals surface area contributed by atoms with Crippen LogP contribution in [0.1, 0.15) is 25.1 Å². The van der Waals surface area contributed by atoms with E-state index in [0.717, 1.165) is 28.7 Å². The predicted octanol–water partition coefficient (Wildman–Crippen LogP) is 6.43. The molecule has 0 unspecified atom stereocenters. The van der Waals surface area contributed by atoms with Gasteiger partial charge in [-0.05, 0) is 60.4 Å². The van der Waals surface area contributed by atoms with Crippen LogP contribution in [0.4, 0.5) is 24.5 Å². The summed E-state index contributed by atoms with van der Waals surface area (Å²) < 4.78 is 67.6. The van der Waals surface area contributed by atoms with Crippen LogP contribution >= 0.6 is 0 Å². The van der Waals surface area contributed by atoms with Crippen LogP contribution in [0.25, 0.3) is 22.0 Å². The zero-order valence-corrected chi connectivity index (χ0v) is 20.2. The maximum Gasteiger partial charge on any atom is 0.416 e. The molecule has 0 amide bonds. The van der Waals surface area contributed by atoms with E-state index in [1.807, 2.05) is 6.92 Å². The molecule has 0 aliphatic carbocycles. The lowest BCUT2D eigenvalue weighted by Crippen LogP contribution is -2.14. The Kier molecular flexibility index (Phi) is 6.50. The van der Waals surface area contributed by atoms with Crippen LogP contribution in [0.15, 0.2) is 65.6 Å². The maximum absolute atomic E-state index is 13.2. The second-order valence-corrected chi connectivity index (χ2v) is 10.4. The van der Waals surface area contributed by atoms with Crippen molar-refractivity contribution in [1.29, 1.82) is 0 Å². The molecule has 0 spiro atoms. The third-order valence-electron chi connectivity index (χ3n) is 5.49. The number of aromatic nitrogens is 2. The topological polar surface area (TPSA) is 86.9 Å². The van der Waals surface area contributed by atoms with Gasteiger partial charge in [0.25, 0.3) is 10.0 Å². The minimum atomic E-state index is -4.44.